The summed E-state index contributed by atoms with van der Waals surface area (Å²) in [5, 5.41) is 2.90. The number of sulfonamides is 1. The first-order chi connectivity index (χ1) is 15.9. The zero-order valence-electron chi connectivity index (χ0n) is 19.3. The lowest BCUT2D eigenvalue weighted by Gasteiger charge is -2.34. The highest BCUT2D eigenvalue weighted by molar-refractivity contribution is 7.89. The highest BCUT2D eigenvalue weighted by atomic mass is 32.2. The van der Waals surface area contributed by atoms with Crippen LogP contribution in [0.3, 0.4) is 0 Å². The smallest absolute Gasteiger partial charge is 0.243 e. The second kappa shape index (κ2) is 10.8. The van der Waals surface area contributed by atoms with Crippen molar-refractivity contribution in [2.45, 2.75) is 31.2 Å². The lowest BCUT2D eigenvalue weighted by atomic mass is 10.0. The van der Waals surface area contributed by atoms with Crippen LogP contribution in [0.4, 0.5) is 5.69 Å². The van der Waals surface area contributed by atoms with Crippen molar-refractivity contribution in [3.05, 3.63) is 60.2 Å². The molecular weight excluding hydrogens is 436 g/mol. The molecule has 0 unspecified atom stereocenters. The monoisotopic (exact) mass is 470 g/mol. The van der Waals surface area contributed by atoms with Gasteiger partial charge in [0.1, 0.15) is 0 Å². The largest absolute Gasteiger partial charge is 0.325 e. The Hall–Kier alpha value is -2.26. The number of nitrogens with zero attached hydrogens (tertiary/aromatic N) is 3. The average molecular weight is 471 g/mol. The Kier molecular flexibility index (Phi) is 7.80. The number of piperidine rings is 1. The van der Waals surface area contributed by atoms with E-state index in [1.54, 1.807) is 28.6 Å². The Morgan fingerprint density at radius 2 is 1.61 bits per heavy atom. The molecule has 2 fully saturated rings. The van der Waals surface area contributed by atoms with Gasteiger partial charge in [0.25, 0.3) is 0 Å². The Morgan fingerprint density at radius 3 is 2.27 bits per heavy atom. The van der Waals surface area contributed by atoms with E-state index in [0.717, 1.165) is 45.6 Å². The SMILES string of the molecule is C[C@H]1CCCN(S(=O)(=O)c2ccc(NC(=O)CN3CCN(Cc4ccccc4)CC3)cc2)C1. The van der Waals surface area contributed by atoms with E-state index < -0.39 is 10.0 Å². The molecule has 2 aliphatic heterocycles. The fourth-order valence-corrected chi connectivity index (χ4v) is 6.17. The summed E-state index contributed by atoms with van der Waals surface area (Å²) < 4.78 is 27.4. The zero-order valence-corrected chi connectivity index (χ0v) is 20.1. The van der Waals surface area contributed by atoms with Gasteiger partial charge in [0.2, 0.25) is 15.9 Å². The fraction of sp³-hybridized carbons (Fsp3) is 0.480. The van der Waals surface area contributed by atoms with Crippen LogP contribution in [-0.2, 0) is 21.4 Å². The van der Waals surface area contributed by atoms with Gasteiger partial charge in [0.05, 0.1) is 11.4 Å². The van der Waals surface area contributed by atoms with Gasteiger partial charge in [-0.25, -0.2) is 8.42 Å². The van der Waals surface area contributed by atoms with Gasteiger partial charge in [-0.15, -0.1) is 0 Å². The lowest BCUT2D eigenvalue weighted by molar-refractivity contribution is -0.117. The molecule has 2 saturated heterocycles. The molecule has 1 atom stereocenters. The van der Waals surface area contributed by atoms with Gasteiger partial charge in [-0.05, 0) is 48.6 Å². The van der Waals surface area contributed by atoms with Crippen LogP contribution < -0.4 is 5.32 Å². The van der Waals surface area contributed by atoms with Crippen molar-refractivity contribution in [3.63, 3.8) is 0 Å². The van der Waals surface area contributed by atoms with E-state index >= 15 is 0 Å². The predicted octanol–water partition coefficient (Wildman–Crippen LogP) is 2.86. The molecule has 7 nitrogen and oxygen atoms in total. The maximum atomic E-state index is 12.9. The third kappa shape index (κ3) is 6.41. The number of carbonyl (C=O) groups excluding carboxylic acids is 1. The number of rotatable bonds is 7. The summed E-state index contributed by atoms with van der Waals surface area (Å²) in [4.78, 5) is 17.4. The molecule has 0 spiro atoms. The van der Waals surface area contributed by atoms with Crippen molar-refractivity contribution in [2.24, 2.45) is 5.92 Å². The molecular formula is C25H34N4O3S. The predicted molar refractivity (Wildman–Crippen MR) is 130 cm³/mol. The van der Waals surface area contributed by atoms with Gasteiger partial charge >= 0.3 is 0 Å². The van der Waals surface area contributed by atoms with E-state index in [1.165, 1.54) is 5.56 Å². The van der Waals surface area contributed by atoms with Gasteiger partial charge in [-0.2, -0.15) is 4.31 Å². The number of nitrogens with one attached hydrogen (secondary N) is 1. The van der Waals surface area contributed by atoms with Crippen molar-refractivity contribution in [1.29, 1.82) is 0 Å². The molecule has 1 N–H and O–H groups in total. The molecule has 0 saturated carbocycles. The van der Waals surface area contributed by atoms with Crippen molar-refractivity contribution in [2.75, 3.05) is 51.1 Å². The molecule has 1 amide bonds. The summed E-state index contributed by atoms with van der Waals surface area (Å²) in [6, 6.07) is 17.0. The van der Waals surface area contributed by atoms with Crippen LogP contribution in [0.5, 0.6) is 0 Å². The molecule has 2 aromatic rings. The highest BCUT2D eigenvalue weighted by Crippen LogP contribution is 2.24. The minimum Gasteiger partial charge on any atom is -0.325 e. The Morgan fingerprint density at radius 1 is 0.939 bits per heavy atom. The zero-order chi connectivity index (χ0) is 23.3. The fourth-order valence-electron chi connectivity index (χ4n) is 4.57. The van der Waals surface area contributed by atoms with E-state index in [9.17, 15) is 13.2 Å². The molecule has 33 heavy (non-hydrogen) atoms. The van der Waals surface area contributed by atoms with Crippen molar-refractivity contribution >= 4 is 21.6 Å². The number of piperazine rings is 1. The number of hydrogen-bond donors (Lipinski definition) is 1. The Bertz CT molecular complexity index is 1020. The molecule has 8 heteroatoms. The normalized spacial score (nSPS) is 21.1. The molecule has 0 aliphatic carbocycles. The second-order valence-corrected chi connectivity index (χ2v) is 11.2. The van der Waals surface area contributed by atoms with Gasteiger partial charge < -0.3 is 5.32 Å². The summed E-state index contributed by atoms with van der Waals surface area (Å²) in [6.07, 6.45) is 1.97. The molecule has 0 bridgehead atoms. The number of anilines is 1. The Labute approximate surface area is 197 Å². The van der Waals surface area contributed by atoms with E-state index in [-0.39, 0.29) is 10.8 Å². The van der Waals surface area contributed by atoms with Crippen LogP contribution in [0.1, 0.15) is 25.3 Å². The van der Waals surface area contributed by atoms with E-state index in [4.69, 9.17) is 0 Å². The molecule has 2 aliphatic rings. The molecule has 0 radical (unpaired) electrons. The molecule has 0 aromatic heterocycles. The van der Waals surface area contributed by atoms with Crippen LogP contribution in [0.25, 0.3) is 0 Å². The lowest BCUT2D eigenvalue weighted by Crippen LogP contribution is -2.48. The standard InChI is InChI=1S/C25H34N4O3S/c1-21-6-5-13-29(18-21)33(31,32)24-11-9-23(10-12-24)26-25(30)20-28-16-14-27(15-17-28)19-22-7-3-2-4-8-22/h2-4,7-12,21H,5-6,13-20H2,1H3,(H,26,30)/t21-/m0/s1. The van der Waals surface area contributed by atoms with Crippen LogP contribution >= 0.6 is 0 Å². The van der Waals surface area contributed by atoms with Gasteiger partial charge in [-0.1, -0.05) is 37.3 Å². The minimum atomic E-state index is -3.48. The molecule has 4 rings (SSSR count). The highest BCUT2D eigenvalue weighted by Gasteiger charge is 2.28. The van der Waals surface area contributed by atoms with E-state index in [0.29, 0.717) is 31.2 Å². The van der Waals surface area contributed by atoms with Crippen LogP contribution in [-0.4, -0.2) is 74.2 Å². The number of benzene rings is 2. The first-order valence-corrected chi connectivity index (χ1v) is 13.2. The van der Waals surface area contributed by atoms with Crippen molar-refractivity contribution in [1.82, 2.24) is 14.1 Å². The Balaban J connectivity index is 1.24. The maximum absolute atomic E-state index is 12.9. The summed E-state index contributed by atoms with van der Waals surface area (Å²) in [7, 11) is -3.48. The molecule has 2 aromatic carbocycles. The van der Waals surface area contributed by atoms with Gasteiger partial charge in [-0.3, -0.25) is 14.6 Å². The van der Waals surface area contributed by atoms with Crippen LogP contribution in [0.2, 0.25) is 0 Å². The summed E-state index contributed by atoms with van der Waals surface area (Å²) in [5.41, 5.74) is 1.93. The van der Waals surface area contributed by atoms with Gasteiger partial charge in [0, 0.05) is 51.5 Å². The minimum absolute atomic E-state index is 0.0769. The van der Waals surface area contributed by atoms with Gasteiger partial charge in [0.15, 0.2) is 0 Å². The topological polar surface area (TPSA) is 73.0 Å². The summed E-state index contributed by atoms with van der Waals surface area (Å²) >= 11 is 0. The maximum Gasteiger partial charge on any atom is 0.243 e. The first kappa shape index (κ1) is 23.9. The first-order valence-electron chi connectivity index (χ1n) is 11.8. The van der Waals surface area contributed by atoms with E-state index in [2.05, 4.69) is 46.3 Å². The van der Waals surface area contributed by atoms with Crippen molar-refractivity contribution in [3.8, 4) is 0 Å². The van der Waals surface area contributed by atoms with Crippen molar-refractivity contribution < 1.29 is 13.2 Å². The summed E-state index contributed by atoms with van der Waals surface area (Å²) in [6.45, 7) is 8.08. The summed E-state index contributed by atoms with van der Waals surface area (Å²) in [5.74, 6) is 0.305. The number of carbonyl (C=O) groups is 1. The third-order valence-corrected chi connectivity index (χ3v) is 8.36. The number of amides is 1. The van der Waals surface area contributed by atoms with Crippen LogP contribution in [0, 0.1) is 5.92 Å². The van der Waals surface area contributed by atoms with Crippen LogP contribution in [0.15, 0.2) is 59.5 Å². The quantitative estimate of drug-likeness (QED) is 0.674. The molecule has 178 valence electrons. The van der Waals surface area contributed by atoms with E-state index in [1.807, 2.05) is 6.07 Å². The number of hydrogen-bond acceptors (Lipinski definition) is 5. The average Bonchev–Trinajstić information content (AvgIpc) is 2.81. The molecule has 2 heterocycles. The second-order valence-electron chi connectivity index (χ2n) is 9.22. The third-order valence-electron chi connectivity index (χ3n) is 6.48.